The van der Waals surface area contributed by atoms with E-state index in [1.807, 2.05) is 6.26 Å². The molecule has 0 heterocycles. The molecule has 122 valence electrons. The standard InChI is InChI=1S/C17H19NO4S/c1-20-15-9-17(23-3)16(21-2)8-13(15)14(19)10-22-12-6-4-11(18)5-7-12/h4-9H,10,18H2,1-3H3. The summed E-state index contributed by atoms with van der Waals surface area (Å²) in [6.45, 7) is -0.0952. The van der Waals surface area contributed by atoms with Gasteiger partial charge in [-0.15, -0.1) is 11.8 Å². The van der Waals surface area contributed by atoms with Gasteiger partial charge in [0.1, 0.15) is 17.2 Å². The molecule has 0 amide bonds. The van der Waals surface area contributed by atoms with Crippen LogP contribution in [-0.2, 0) is 0 Å². The predicted octanol–water partition coefficient (Wildman–Crippen LogP) is 3.27. The number of Topliss-reactive ketones (excluding diaryl/α,β-unsaturated/α-hetero) is 1. The lowest BCUT2D eigenvalue weighted by Gasteiger charge is -2.13. The summed E-state index contributed by atoms with van der Waals surface area (Å²) in [7, 11) is 3.10. The first kappa shape index (κ1) is 17.0. The highest BCUT2D eigenvalue weighted by molar-refractivity contribution is 7.98. The number of methoxy groups -OCH3 is 2. The highest BCUT2D eigenvalue weighted by Crippen LogP contribution is 2.34. The van der Waals surface area contributed by atoms with Crippen LogP contribution in [0.15, 0.2) is 41.3 Å². The molecule has 0 radical (unpaired) electrons. The molecule has 2 aromatic rings. The quantitative estimate of drug-likeness (QED) is 0.476. The SMILES string of the molecule is COc1cc(C(=O)COc2ccc(N)cc2)c(OC)cc1SC. The number of ether oxygens (including phenoxy) is 3. The van der Waals surface area contributed by atoms with E-state index >= 15 is 0 Å². The Hall–Kier alpha value is -2.34. The summed E-state index contributed by atoms with van der Waals surface area (Å²) in [5.74, 6) is 1.53. The number of thioether (sulfide) groups is 1. The van der Waals surface area contributed by atoms with Crippen LogP contribution in [0.5, 0.6) is 17.2 Å². The van der Waals surface area contributed by atoms with Gasteiger partial charge in [0, 0.05) is 5.69 Å². The van der Waals surface area contributed by atoms with Gasteiger partial charge in [0.05, 0.1) is 24.7 Å². The van der Waals surface area contributed by atoms with Crippen molar-refractivity contribution in [3.8, 4) is 17.2 Å². The van der Waals surface area contributed by atoms with E-state index in [4.69, 9.17) is 19.9 Å². The van der Waals surface area contributed by atoms with Gasteiger partial charge in [0.15, 0.2) is 6.61 Å². The molecule has 0 aromatic heterocycles. The summed E-state index contributed by atoms with van der Waals surface area (Å²) in [6, 6.07) is 10.3. The highest BCUT2D eigenvalue weighted by Gasteiger charge is 2.17. The van der Waals surface area contributed by atoms with Gasteiger partial charge in [0.25, 0.3) is 0 Å². The van der Waals surface area contributed by atoms with Crippen LogP contribution in [0.2, 0.25) is 0 Å². The lowest BCUT2D eigenvalue weighted by Crippen LogP contribution is -2.13. The molecule has 0 atom stereocenters. The van der Waals surface area contributed by atoms with Gasteiger partial charge in [-0.3, -0.25) is 4.79 Å². The summed E-state index contributed by atoms with van der Waals surface area (Å²) in [6.07, 6.45) is 1.93. The molecule has 0 unspecified atom stereocenters. The monoisotopic (exact) mass is 333 g/mol. The Morgan fingerprint density at radius 3 is 2.30 bits per heavy atom. The zero-order chi connectivity index (χ0) is 16.8. The van der Waals surface area contributed by atoms with Crippen LogP contribution in [0.3, 0.4) is 0 Å². The van der Waals surface area contributed by atoms with Crippen molar-refractivity contribution < 1.29 is 19.0 Å². The molecule has 0 bridgehead atoms. The number of hydrogen-bond donors (Lipinski definition) is 1. The second-order valence-corrected chi connectivity index (χ2v) is 5.54. The lowest BCUT2D eigenvalue weighted by molar-refractivity contribution is 0.0918. The molecule has 23 heavy (non-hydrogen) atoms. The third kappa shape index (κ3) is 4.10. The minimum Gasteiger partial charge on any atom is -0.496 e. The predicted molar refractivity (Wildman–Crippen MR) is 92.0 cm³/mol. The minimum atomic E-state index is -0.190. The Morgan fingerprint density at radius 2 is 1.74 bits per heavy atom. The molecule has 2 rings (SSSR count). The van der Waals surface area contributed by atoms with E-state index in [-0.39, 0.29) is 12.4 Å². The van der Waals surface area contributed by atoms with Gasteiger partial charge < -0.3 is 19.9 Å². The smallest absolute Gasteiger partial charge is 0.204 e. The average Bonchev–Trinajstić information content (AvgIpc) is 2.59. The van der Waals surface area contributed by atoms with Gasteiger partial charge in [-0.05, 0) is 42.7 Å². The van der Waals surface area contributed by atoms with Crippen molar-refractivity contribution in [2.45, 2.75) is 4.90 Å². The molecule has 0 saturated carbocycles. The Kier molecular flexibility index (Phi) is 5.76. The van der Waals surface area contributed by atoms with Crippen molar-refractivity contribution >= 4 is 23.2 Å². The van der Waals surface area contributed by atoms with Crippen LogP contribution in [0.25, 0.3) is 0 Å². The fraction of sp³-hybridized carbons (Fsp3) is 0.235. The van der Waals surface area contributed by atoms with E-state index in [0.29, 0.717) is 28.5 Å². The summed E-state index contributed by atoms with van der Waals surface area (Å²) in [5.41, 5.74) is 6.69. The number of rotatable bonds is 7. The number of hydrogen-bond acceptors (Lipinski definition) is 6. The zero-order valence-electron chi connectivity index (χ0n) is 13.3. The normalized spacial score (nSPS) is 10.2. The van der Waals surface area contributed by atoms with Gasteiger partial charge in [-0.2, -0.15) is 0 Å². The summed E-state index contributed by atoms with van der Waals surface area (Å²) in [5, 5.41) is 0. The molecular weight excluding hydrogens is 314 g/mol. The molecule has 2 aromatic carbocycles. The molecule has 0 saturated heterocycles. The Bertz CT molecular complexity index is 686. The summed E-state index contributed by atoms with van der Waals surface area (Å²) in [4.78, 5) is 13.3. The van der Waals surface area contributed by atoms with Crippen LogP contribution in [0, 0.1) is 0 Å². The van der Waals surface area contributed by atoms with E-state index in [0.717, 1.165) is 4.90 Å². The zero-order valence-corrected chi connectivity index (χ0v) is 14.1. The van der Waals surface area contributed by atoms with E-state index < -0.39 is 0 Å². The van der Waals surface area contributed by atoms with E-state index in [1.54, 1.807) is 43.5 Å². The second-order valence-electron chi connectivity index (χ2n) is 4.69. The first-order chi connectivity index (χ1) is 11.1. The molecule has 0 aliphatic rings. The minimum absolute atomic E-state index is 0.0952. The van der Waals surface area contributed by atoms with Crippen LogP contribution >= 0.6 is 11.8 Å². The third-order valence-electron chi connectivity index (χ3n) is 3.26. The first-order valence-electron chi connectivity index (χ1n) is 6.90. The number of nitrogens with two attached hydrogens (primary N) is 1. The largest absolute Gasteiger partial charge is 0.496 e. The molecular formula is C17H19NO4S. The highest BCUT2D eigenvalue weighted by atomic mass is 32.2. The molecule has 5 nitrogen and oxygen atoms in total. The maximum absolute atomic E-state index is 12.4. The summed E-state index contributed by atoms with van der Waals surface area (Å²) >= 11 is 1.52. The molecule has 6 heteroatoms. The Labute approximate surface area is 139 Å². The average molecular weight is 333 g/mol. The van der Waals surface area contributed by atoms with Crippen molar-refractivity contribution in [2.24, 2.45) is 0 Å². The van der Waals surface area contributed by atoms with Crippen LogP contribution < -0.4 is 19.9 Å². The first-order valence-corrected chi connectivity index (χ1v) is 8.13. The number of nitrogen functional groups attached to an aromatic ring is 1. The van der Waals surface area contributed by atoms with E-state index in [9.17, 15) is 4.79 Å². The molecule has 0 fully saturated rings. The van der Waals surface area contributed by atoms with Gasteiger partial charge in [-0.25, -0.2) is 0 Å². The molecule has 0 aliphatic heterocycles. The third-order valence-corrected chi connectivity index (χ3v) is 4.01. The molecule has 2 N–H and O–H groups in total. The number of benzene rings is 2. The van der Waals surface area contributed by atoms with E-state index in [2.05, 4.69) is 0 Å². The number of carbonyl (C=O) groups is 1. The number of anilines is 1. The fourth-order valence-electron chi connectivity index (χ4n) is 2.04. The topological polar surface area (TPSA) is 70.8 Å². The summed E-state index contributed by atoms with van der Waals surface area (Å²) < 4.78 is 16.1. The second kappa shape index (κ2) is 7.78. The Morgan fingerprint density at radius 1 is 1.09 bits per heavy atom. The van der Waals surface area contributed by atoms with Crippen molar-refractivity contribution in [2.75, 3.05) is 32.8 Å². The maximum atomic E-state index is 12.4. The Balaban J connectivity index is 2.19. The van der Waals surface area contributed by atoms with Crippen LogP contribution in [0.4, 0.5) is 5.69 Å². The van der Waals surface area contributed by atoms with Gasteiger partial charge in [0.2, 0.25) is 5.78 Å². The van der Waals surface area contributed by atoms with Crippen molar-refractivity contribution in [3.05, 3.63) is 42.0 Å². The van der Waals surface area contributed by atoms with Crippen molar-refractivity contribution in [1.82, 2.24) is 0 Å². The maximum Gasteiger partial charge on any atom is 0.204 e. The number of ketones is 1. The van der Waals surface area contributed by atoms with E-state index in [1.165, 1.54) is 18.9 Å². The van der Waals surface area contributed by atoms with Crippen molar-refractivity contribution in [3.63, 3.8) is 0 Å². The van der Waals surface area contributed by atoms with Gasteiger partial charge >= 0.3 is 0 Å². The molecule has 0 aliphatic carbocycles. The van der Waals surface area contributed by atoms with Gasteiger partial charge in [-0.1, -0.05) is 0 Å². The number of carbonyl (C=O) groups excluding carboxylic acids is 1. The van der Waals surface area contributed by atoms with Crippen molar-refractivity contribution in [1.29, 1.82) is 0 Å². The molecule has 0 spiro atoms. The fourth-order valence-corrected chi connectivity index (χ4v) is 2.61. The van der Waals surface area contributed by atoms with Crippen LogP contribution in [0.1, 0.15) is 10.4 Å². The lowest BCUT2D eigenvalue weighted by atomic mass is 10.1. The van der Waals surface area contributed by atoms with Crippen LogP contribution in [-0.4, -0.2) is 32.9 Å².